The highest BCUT2D eigenvalue weighted by molar-refractivity contribution is 5.98. The van der Waals surface area contributed by atoms with Crippen molar-refractivity contribution in [2.45, 2.75) is 52.7 Å². The molecule has 8 nitrogen and oxygen atoms in total. The number of amides is 1. The second kappa shape index (κ2) is 10.7. The molecule has 0 aliphatic carbocycles. The number of carbonyl (C=O) groups is 3. The lowest BCUT2D eigenvalue weighted by Crippen LogP contribution is -2.41. The number of benzene rings is 1. The summed E-state index contributed by atoms with van der Waals surface area (Å²) in [4.78, 5) is 40.6. The van der Waals surface area contributed by atoms with Crippen LogP contribution >= 0.6 is 0 Å². The molecule has 2 rings (SSSR count). The van der Waals surface area contributed by atoms with E-state index in [1.54, 1.807) is 19.9 Å². The molecule has 9 heteroatoms. The van der Waals surface area contributed by atoms with Gasteiger partial charge in [-0.25, -0.2) is 14.2 Å². The summed E-state index contributed by atoms with van der Waals surface area (Å²) in [7, 11) is 1.36. The van der Waals surface area contributed by atoms with Gasteiger partial charge in [0.15, 0.2) is 11.4 Å². The van der Waals surface area contributed by atoms with E-state index in [4.69, 9.17) is 14.2 Å². The van der Waals surface area contributed by atoms with Gasteiger partial charge in [-0.2, -0.15) is 0 Å². The van der Waals surface area contributed by atoms with E-state index in [9.17, 15) is 18.8 Å². The second-order valence-corrected chi connectivity index (χ2v) is 7.41. The summed E-state index contributed by atoms with van der Waals surface area (Å²) in [6.45, 7) is 8.02. The quantitative estimate of drug-likeness (QED) is 0.621. The first-order chi connectivity index (χ1) is 15.0. The van der Waals surface area contributed by atoms with Crippen LogP contribution < -0.4 is 14.8 Å². The molecule has 172 valence electrons. The van der Waals surface area contributed by atoms with Gasteiger partial charge in [-0.1, -0.05) is 13.0 Å². The highest BCUT2D eigenvalue weighted by Crippen LogP contribution is 2.30. The molecule has 0 spiro atoms. The largest absolute Gasteiger partial charge is 0.493 e. The van der Waals surface area contributed by atoms with E-state index in [-0.39, 0.29) is 28.9 Å². The summed E-state index contributed by atoms with van der Waals surface area (Å²) >= 11 is 0. The average molecular weight is 446 g/mol. The molecule has 1 heterocycles. The number of hydrogen-bond acceptors (Lipinski definition) is 7. The number of hydrogen-bond donors (Lipinski definition) is 1. The summed E-state index contributed by atoms with van der Waals surface area (Å²) in [6, 6.07) is 4.87. The lowest BCUT2D eigenvalue weighted by atomic mass is 9.92. The van der Waals surface area contributed by atoms with Crippen molar-refractivity contribution in [3.63, 3.8) is 0 Å². The molecule has 1 amide bonds. The van der Waals surface area contributed by atoms with Crippen molar-refractivity contribution in [3.05, 3.63) is 53.1 Å². The van der Waals surface area contributed by atoms with Gasteiger partial charge in [-0.05, 0) is 44.0 Å². The molecule has 32 heavy (non-hydrogen) atoms. The van der Waals surface area contributed by atoms with E-state index >= 15 is 0 Å². The molecule has 1 aromatic heterocycles. The Morgan fingerprint density at radius 2 is 1.81 bits per heavy atom. The number of methoxy groups -OCH3 is 1. The highest BCUT2D eigenvalue weighted by Gasteiger charge is 2.27. The zero-order valence-electron chi connectivity index (χ0n) is 18.9. The van der Waals surface area contributed by atoms with Crippen LogP contribution in [0.2, 0.25) is 0 Å². The maximum absolute atomic E-state index is 13.4. The van der Waals surface area contributed by atoms with Crippen LogP contribution in [0.15, 0.2) is 30.5 Å². The molecule has 2 aromatic rings. The Hall–Kier alpha value is -3.49. The van der Waals surface area contributed by atoms with E-state index in [0.717, 1.165) is 11.1 Å². The molecular formula is C23H27FN2O6. The summed E-state index contributed by atoms with van der Waals surface area (Å²) in [5, 5.41) is 2.49. The molecule has 0 radical (unpaired) electrons. The van der Waals surface area contributed by atoms with Crippen LogP contribution in [-0.4, -0.2) is 42.1 Å². The SMILES string of the molecule is COc1ccnc(C(=O)N[C@@H](C)C(=O)OC(C)C(C)c2ccc(F)cc2C)c1OC(C)=O. The van der Waals surface area contributed by atoms with Gasteiger partial charge in [-0.3, -0.25) is 9.59 Å². The maximum atomic E-state index is 13.4. The van der Waals surface area contributed by atoms with Gasteiger partial charge < -0.3 is 19.5 Å². The minimum atomic E-state index is -1.01. The van der Waals surface area contributed by atoms with Crippen molar-refractivity contribution in [3.8, 4) is 11.5 Å². The van der Waals surface area contributed by atoms with Crippen LogP contribution in [-0.2, 0) is 14.3 Å². The Bertz CT molecular complexity index is 1010. The fourth-order valence-electron chi connectivity index (χ4n) is 3.11. The number of nitrogens with one attached hydrogen (secondary N) is 1. The van der Waals surface area contributed by atoms with E-state index in [1.807, 2.05) is 6.92 Å². The first kappa shape index (κ1) is 24.8. The monoisotopic (exact) mass is 446 g/mol. The van der Waals surface area contributed by atoms with Gasteiger partial charge in [0.1, 0.15) is 18.0 Å². The molecule has 0 saturated carbocycles. The number of carbonyl (C=O) groups excluding carboxylic acids is 3. The van der Waals surface area contributed by atoms with Crippen LogP contribution in [0.4, 0.5) is 4.39 Å². The third kappa shape index (κ3) is 6.03. The molecule has 3 atom stereocenters. The molecule has 0 fully saturated rings. The van der Waals surface area contributed by atoms with Crippen LogP contribution in [0.25, 0.3) is 0 Å². The zero-order chi connectivity index (χ0) is 24.0. The Morgan fingerprint density at radius 1 is 1.12 bits per heavy atom. The highest BCUT2D eigenvalue weighted by atomic mass is 19.1. The van der Waals surface area contributed by atoms with Crippen LogP contribution in [0, 0.1) is 12.7 Å². The Labute approximate surface area is 186 Å². The number of esters is 2. The van der Waals surface area contributed by atoms with Crippen molar-refractivity contribution in [2.75, 3.05) is 7.11 Å². The van der Waals surface area contributed by atoms with Crippen molar-refractivity contribution in [2.24, 2.45) is 0 Å². The number of aromatic nitrogens is 1. The average Bonchev–Trinajstić information content (AvgIpc) is 2.72. The normalized spacial score (nSPS) is 13.5. The fourth-order valence-corrected chi connectivity index (χ4v) is 3.11. The van der Waals surface area contributed by atoms with Crippen LogP contribution in [0.5, 0.6) is 11.5 Å². The maximum Gasteiger partial charge on any atom is 0.328 e. The lowest BCUT2D eigenvalue weighted by molar-refractivity contribution is -0.151. The Morgan fingerprint density at radius 3 is 2.41 bits per heavy atom. The Kier molecular flexibility index (Phi) is 8.28. The number of aryl methyl sites for hydroxylation is 1. The zero-order valence-corrected chi connectivity index (χ0v) is 18.9. The summed E-state index contributed by atoms with van der Waals surface area (Å²) < 4.78 is 29.1. The minimum absolute atomic E-state index is 0.144. The van der Waals surface area contributed by atoms with E-state index < -0.39 is 30.0 Å². The van der Waals surface area contributed by atoms with E-state index in [1.165, 1.54) is 45.4 Å². The third-order valence-corrected chi connectivity index (χ3v) is 4.98. The number of ether oxygens (including phenoxy) is 3. The molecular weight excluding hydrogens is 419 g/mol. The molecule has 0 bridgehead atoms. The minimum Gasteiger partial charge on any atom is -0.493 e. The topological polar surface area (TPSA) is 104 Å². The van der Waals surface area contributed by atoms with Crippen molar-refractivity contribution in [1.82, 2.24) is 10.3 Å². The van der Waals surface area contributed by atoms with Gasteiger partial charge in [-0.15, -0.1) is 0 Å². The van der Waals surface area contributed by atoms with Crippen molar-refractivity contribution >= 4 is 17.8 Å². The van der Waals surface area contributed by atoms with Gasteiger partial charge in [0.05, 0.1) is 7.11 Å². The predicted octanol–water partition coefficient (Wildman–Crippen LogP) is 3.32. The van der Waals surface area contributed by atoms with Crippen molar-refractivity contribution < 1.29 is 33.0 Å². The van der Waals surface area contributed by atoms with Gasteiger partial charge in [0, 0.05) is 25.1 Å². The second-order valence-electron chi connectivity index (χ2n) is 7.41. The van der Waals surface area contributed by atoms with Crippen molar-refractivity contribution in [1.29, 1.82) is 0 Å². The summed E-state index contributed by atoms with van der Waals surface area (Å²) in [5.74, 6) is -2.58. The predicted molar refractivity (Wildman–Crippen MR) is 114 cm³/mol. The first-order valence-corrected chi connectivity index (χ1v) is 10.0. The molecule has 0 aliphatic rings. The van der Waals surface area contributed by atoms with Crippen LogP contribution in [0.1, 0.15) is 55.2 Å². The standard InChI is InChI=1S/C23H27FN2O6/c1-12-11-17(24)7-8-18(12)13(2)15(4)31-23(29)14(3)26-22(28)20-21(32-16(5)27)19(30-6)9-10-25-20/h7-11,13-15H,1-6H3,(H,26,28)/t13?,14-,15?/m0/s1. The summed E-state index contributed by atoms with van der Waals surface area (Å²) in [5.41, 5.74) is 1.40. The summed E-state index contributed by atoms with van der Waals surface area (Å²) in [6.07, 6.45) is 0.788. The first-order valence-electron chi connectivity index (χ1n) is 10.0. The third-order valence-electron chi connectivity index (χ3n) is 4.98. The molecule has 0 saturated heterocycles. The van der Waals surface area contributed by atoms with Crippen LogP contribution in [0.3, 0.4) is 0 Å². The number of halogens is 1. The molecule has 1 N–H and O–H groups in total. The number of nitrogens with zero attached hydrogens (tertiary/aromatic N) is 1. The molecule has 1 aromatic carbocycles. The van der Waals surface area contributed by atoms with Gasteiger partial charge in [0.2, 0.25) is 5.75 Å². The van der Waals surface area contributed by atoms with Gasteiger partial charge in [0.25, 0.3) is 5.91 Å². The van der Waals surface area contributed by atoms with Gasteiger partial charge >= 0.3 is 11.9 Å². The Balaban J connectivity index is 2.09. The smallest absolute Gasteiger partial charge is 0.328 e. The van der Waals surface area contributed by atoms with E-state index in [2.05, 4.69) is 10.3 Å². The number of pyridine rings is 1. The fraction of sp³-hybridized carbons (Fsp3) is 0.391. The molecule has 0 aliphatic heterocycles. The molecule has 2 unspecified atom stereocenters. The lowest BCUT2D eigenvalue weighted by Gasteiger charge is -2.24. The van der Waals surface area contributed by atoms with E-state index in [0.29, 0.717) is 0 Å². The number of rotatable bonds is 8.